The highest BCUT2D eigenvalue weighted by Gasteiger charge is 2.33. The molecule has 4 heteroatoms. The van der Waals surface area contributed by atoms with Crippen molar-refractivity contribution in [3.8, 4) is 0 Å². The number of aliphatic hydroxyl groups is 1. The minimum absolute atomic E-state index is 0.319. The standard InChI is InChI=1S/C6H12O4/c1-8-5-3-4(7)6(9-2)10-5/h4-7H,3H2,1-2H3/t4-,5+,6+/m1/s1. The Hall–Kier alpha value is -0.160. The maximum atomic E-state index is 9.16. The van der Waals surface area contributed by atoms with E-state index in [0.29, 0.717) is 6.42 Å². The molecule has 0 spiro atoms. The molecular formula is C6H12O4. The summed E-state index contributed by atoms with van der Waals surface area (Å²) in [5.41, 5.74) is 0. The molecule has 1 fully saturated rings. The molecule has 1 heterocycles. The van der Waals surface area contributed by atoms with Crippen LogP contribution >= 0.6 is 0 Å². The molecule has 1 rings (SSSR count). The zero-order valence-electron chi connectivity index (χ0n) is 6.11. The molecule has 3 atom stereocenters. The molecule has 0 amide bonds. The molecule has 0 aromatic rings. The van der Waals surface area contributed by atoms with Gasteiger partial charge in [-0.2, -0.15) is 0 Å². The van der Waals surface area contributed by atoms with Crippen molar-refractivity contribution in [1.82, 2.24) is 0 Å². The zero-order chi connectivity index (χ0) is 7.56. The van der Waals surface area contributed by atoms with Crippen LogP contribution in [0.25, 0.3) is 0 Å². The van der Waals surface area contributed by atoms with Crippen LogP contribution in [0, 0.1) is 0 Å². The molecule has 0 bridgehead atoms. The number of hydrogen-bond acceptors (Lipinski definition) is 4. The van der Waals surface area contributed by atoms with E-state index in [9.17, 15) is 0 Å². The van der Waals surface area contributed by atoms with E-state index in [1.165, 1.54) is 14.2 Å². The Kier molecular flexibility index (Phi) is 2.62. The van der Waals surface area contributed by atoms with Gasteiger partial charge in [0, 0.05) is 20.6 Å². The summed E-state index contributed by atoms with van der Waals surface area (Å²) in [6, 6.07) is 0. The van der Waals surface area contributed by atoms with Crippen LogP contribution in [0.3, 0.4) is 0 Å². The Balaban J connectivity index is 2.36. The Bertz CT molecular complexity index is 106. The third kappa shape index (κ3) is 1.46. The van der Waals surface area contributed by atoms with Gasteiger partial charge in [0.15, 0.2) is 12.6 Å². The lowest BCUT2D eigenvalue weighted by molar-refractivity contribution is -0.199. The van der Waals surface area contributed by atoms with Crippen LogP contribution in [0.15, 0.2) is 0 Å². The summed E-state index contributed by atoms with van der Waals surface area (Å²) in [4.78, 5) is 0. The first kappa shape index (κ1) is 7.94. The average Bonchev–Trinajstić information content (AvgIpc) is 2.30. The molecule has 1 aliphatic heterocycles. The number of rotatable bonds is 2. The first-order valence-corrected chi connectivity index (χ1v) is 3.17. The molecule has 0 unspecified atom stereocenters. The summed E-state index contributed by atoms with van der Waals surface area (Å²) < 4.78 is 14.7. The maximum absolute atomic E-state index is 9.16. The minimum atomic E-state index is -0.560. The van der Waals surface area contributed by atoms with Crippen molar-refractivity contribution in [1.29, 1.82) is 0 Å². The second kappa shape index (κ2) is 3.30. The molecule has 1 N–H and O–H groups in total. The highest BCUT2D eigenvalue weighted by molar-refractivity contribution is 4.70. The Morgan fingerprint density at radius 1 is 1.40 bits per heavy atom. The van der Waals surface area contributed by atoms with E-state index in [1.807, 2.05) is 0 Å². The van der Waals surface area contributed by atoms with Gasteiger partial charge in [0.25, 0.3) is 0 Å². The molecule has 1 saturated heterocycles. The normalized spacial score (nSPS) is 40.5. The van der Waals surface area contributed by atoms with Gasteiger partial charge in [-0.25, -0.2) is 0 Å². The van der Waals surface area contributed by atoms with E-state index >= 15 is 0 Å². The third-order valence-corrected chi connectivity index (χ3v) is 1.53. The fraction of sp³-hybridized carbons (Fsp3) is 1.00. The summed E-state index contributed by atoms with van der Waals surface area (Å²) in [7, 11) is 3.03. The van der Waals surface area contributed by atoms with Crippen LogP contribution < -0.4 is 0 Å². The number of aliphatic hydroxyl groups excluding tert-OH is 1. The largest absolute Gasteiger partial charge is 0.388 e. The van der Waals surface area contributed by atoms with Gasteiger partial charge in [-0.3, -0.25) is 0 Å². The second-order valence-electron chi connectivity index (χ2n) is 2.21. The molecule has 10 heavy (non-hydrogen) atoms. The van der Waals surface area contributed by atoms with Crippen molar-refractivity contribution in [3.05, 3.63) is 0 Å². The van der Waals surface area contributed by atoms with Gasteiger partial charge >= 0.3 is 0 Å². The third-order valence-electron chi connectivity index (χ3n) is 1.53. The molecular weight excluding hydrogens is 136 g/mol. The van der Waals surface area contributed by atoms with Gasteiger partial charge in [0.1, 0.15) is 6.10 Å². The fourth-order valence-corrected chi connectivity index (χ4v) is 0.969. The number of methoxy groups -OCH3 is 2. The van der Waals surface area contributed by atoms with Gasteiger partial charge in [-0.05, 0) is 0 Å². The van der Waals surface area contributed by atoms with Crippen molar-refractivity contribution in [2.24, 2.45) is 0 Å². The lowest BCUT2D eigenvalue weighted by Gasteiger charge is -2.10. The van der Waals surface area contributed by atoms with E-state index in [-0.39, 0.29) is 6.29 Å². The number of ether oxygens (including phenoxy) is 3. The van der Waals surface area contributed by atoms with E-state index in [1.54, 1.807) is 0 Å². The van der Waals surface area contributed by atoms with E-state index < -0.39 is 12.4 Å². The summed E-state index contributed by atoms with van der Waals surface area (Å²) in [6.45, 7) is 0. The van der Waals surface area contributed by atoms with Crippen molar-refractivity contribution < 1.29 is 19.3 Å². The molecule has 1 aliphatic rings. The van der Waals surface area contributed by atoms with Gasteiger partial charge in [0.05, 0.1) is 0 Å². The topological polar surface area (TPSA) is 47.9 Å². The van der Waals surface area contributed by atoms with Crippen LogP contribution in [0.4, 0.5) is 0 Å². The fourth-order valence-electron chi connectivity index (χ4n) is 0.969. The Labute approximate surface area is 59.7 Å². The summed E-state index contributed by atoms with van der Waals surface area (Å²) in [5.74, 6) is 0. The van der Waals surface area contributed by atoms with Gasteiger partial charge in [-0.15, -0.1) is 0 Å². The first-order chi connectivity index (χ1) is 4.77. The summed E-state index contributed by atoms with van der Waals surface area (Å²) >= 11 is 0. The quantitative estimate of drug-likeness (QED) is 0.584. The zero-order valence-corrected chi connectivity index (χ0v) is 6.11. The van der Waals surface area contributed by atoms with Crippen LogP contribution in [-0.2, 0) is 14.2 Å². The SMILES string of the molecule is CO[C@@H]1C[C@@H](O)[C@@H](OC)O1. The monoisotopic (exact) mass is 148 g/mol. The lowest BCUT2D eigenvalue weighted by Crippen LogP contribution is -2.22. The molecule has 0 aromatic heterocycles. The smallest absolute Gasteiger partial charge is 0.186 e. The molecule has 60 valence electrons. The predicted octanol–water partition coefficient (Wildman–Crippen LogP) is -0.287. The minimum Gasteiger partial charge on any atom is -0.388 e. The lowest BCUT2D eigenvalue weighted by atomic mass is 10.3. The summed E-state index contributed by atoms with van der Waals surface area (Å²) in [6.07, 6.45) is -0.922. The molecule has 0 radical (unpaired) electrons. The van der Waals surface area contributed by atoms with E-state index in [4.69, 9.17) is 19.3 Å². The Morgan fingerprint density at radius 3 is 2.40 bits per heavy atom. The van der Waals surface area contributed by atoms with Crippen LogP contribution in [0.5, 0.6) is 0 Å². The second-order valence-corrected chi connectivity index (χ2v) is 2.21. The maximum Gasteiger partial charge on any atom is 0.186 e. The average molecular weight is 148 g/mol. The van der Waals surface area contributed by atoms with Crippen molar-refractivity contribution >= 4 is 0 Å². The van der Waals surface area contributed by atoms with Gasteiger partial charge in [-0.1, -0.05) is 0 Å². The van der Waals surface area contributed by atoms with Crippen LogP contribution in [0.1, 0.15) is 6.42 Å². The molecule has 0 aromatic carbocycles. The van der Waals surface area contributed by atoms with Gasteiger partial charge < -0.3 is 19.3 Å². The van der Waals surface area contributed by atoms with E-state index in [2.05, 4.69) is 0 Å². The Morgan fingerprint density at radius 2 is 2.10 bits per heavy atom. The first-order valence-electron chi connectivity index (χ1n) is 3.17. The highest BCUT2D eigenvalue weighted by Crippen LogP contribution is 2.20. The van der Waals surface area contributed by atoms with Crippen molar-refractivity contribution in [3.63, 3.8) is 0 Å². The predicted molar refractivity (Wildman–Crippen MR) is 33.3 cm³/mol. The highest BCUT2D eigenvalue weighted by atomic mass is 16.8. The van der Waals surface area contributed by atoms with Gasteiger partial charge in [0.2, 0.25) is 0 Å². The summed E-state index contributed by atoms with van der Waals surface area (Å²) in [5, 5.41) is 9.16. The van der Waals surface area contributed by atoms with Crippen LogP contribution in [-0.4, -0.2) is 38.0 Å². The van der Waals surface area contributed by atoms with E-state index in [0.717, 1.165) is 0 Å². The number of hydrogen-bond donors (Lipinski definition) is 1. The molecule has 4 nitrogen and oxygen atoms in total. The molecule has 0 saturated carbocycles. The molecule has 0 aliphatic carbocycles. The van der Waals surface area contributed by atoms with Crippen molar-refractivity contribution in [2.75, 3.05) is 14.2 Å². The van der Waals surface area contributed by atoms with Crippen LogP contribution in [0.2, 0.25) is 0 Å². The van der Waals surface area contributed by atoms with Crippen molar-refractivity contribution in [2.45, 2.75) is 25.1 Å².